The minimum atomic E-state index is -1.08. The van der Waals surface area contributed by atoms with Crippen molar-refractivity contribution in [3.8, 4) is 5.75 Å². The molecule has 0 amide bonds. The minimum Gasteiger partial charge on any atom is -0.481 e. The number of aliphatic hydroxyl groups is 1. The Balaban J connectivity index is 1.16. The fourth-order valence-corrected chi connectivity index (χ4v) is 10.7. The minimum absolute atomic E-state index is 0.00251. The number of rotatable bonds is 9. The molecule has 1 heterocycles. The van der Waals surface area contributed by atoms with Crippen LogP contribution in [0.1, 0.15) is 103 Å². The third-order valence-corrected chi connectivity index (χ3v) is 13.1. The molecule has 4 fully saturated rings. The highest BCUT2D eigenvalue weighted by Gasteiger charge is 2.72. The van der Waals surface area contributed by atoms with Gasteiger partial charge in [-0.15, -0.1) is 0 Å². The predicted molar refractivity (Wildman–Crippen MR) is 174 cm³/mol. The Bertz CT molecular complexity index is 1530. The molecule has 1 aromatic rings. The number of esters is 4. The van der Waals surface area contributed by atoms with E-state index in [1.54, 1.807) is 30.3 Å². The summed E-state index contributed by atoms with van der Waals surface area (Å²) in [6.45, 7) is 7.23. The van der Waals surface area contributed by atoms with E-state index >= 15 is 0 Å². The van der Waals surface area contributed by atoms with E-state index in [-0.39, 0.29) is 66.6 Å². The molecule has 5 aliphatic rings. The summed E-state index contributed by atoms with van der Waals surface area (Å²) < 4.78 is 22.4. The van der Waals surface area contributed by atoms with Gasteiger partial charge < -0.3 is 29.2 Å². The fraction of sp³-hybridized carbons (Fsp3) is 0.658. The standard InChI is InChI=1S/C38H48O11/c1-21(39)47-27-8-5-23(6-9-27)24(15-33(41)42)16-35(44)49-28-11-13-36(3)26(18-28)7-10-30-31(36)19-32(48-22(2)40)37(4)29(12-14-38(30,37)45)25-17-34(43)46-20-25/h5-6,8-9,17,24,26,28-32,45H,7,10-16,18-20H2,1-4H3,(H,41,42)/t24?,26-,28+,29-,30-,31+,32-,36+,37+,38?/m1/s1. The van der Waals surface area contributed by atoms with Gasteiger partial charge in [0.15, 0.2) is 0 Å². The van der Waals surface area contributed by atoms with Gasteiger partial charge in [0.1, 0.15) is 24.6 Å². The Morgan fingerprint density at radius 1 is 0.918 bits per heavy atom. The van der Waals surface area contributed by atoms with Gasteiger partial charge >= 0.3 is 29.8 Å². The molecular formula is C38H48O11. The maximum absolute atomic E-state index is 13.3. The van der Waals surface area contributed by atoms with Gasteiger partial charge in [-0.2, -0.15) is 0 Å². The second-order valence-electron chi connectivity index (χ2n) is 15.5. The summed E-state index contributed by atoms with van der Waals surface area (Å²) in [6.07, 6.45) is 6.01. The lowest BCUT2D eigenvalue weighted by Gasteiger charge is -2.65. The zero-order valence-corrected chi connectivity index (χ0v) is 28.8. The van der Waals surface area contributed by atoms with Crippen molar-refractivity contribution in [1.29, 1.82) is 0 Å². The topological polar surface area (TPSA) is 163 Å². The number of hydrogen-bond acceptors (Lipinski definition) is 10. The number of hydrogen-bond donors (Lipinski definition) is 2. The molecule has 2 unspecified atom stereocenters. The highest BCUT2D eigenvalue weighted by atomic mass is 16.6. The molecule has 10 atom stereocenters. The van der Waals surface area contributed by atoms with E-state index in [9.17, 15) is 34.2 Å². The van der Waals surface area contributed by atoms with Crippen molar-refractivity contribution in [3.63, 3.8) is 0 Å². The van der Waals surface area contributed by atoms with Gasteiger partial charge in [-0.25, -0.2) is 4.79 Å². The molecule has 49 heavy (non-hydrogen) atoms. The summed E-state index contributed by atoms with van der Waals surface area (Å²) >= 11 is 0. The van der Waals surface area contributed by atoms with Crippen molar-refractivity contribution in [1.82, 2.24) is 0 Å². The molecule has 0 saturated heterocycles. The average molecular weight is 681 g/mol. The number of benzene rings is 1. The first-order valence-corrected chi connectivity index (χ1v) is 17.6. The summed E-state index contributed by atoms with van der Waals surface area (Å²) in [5.41, 5.74) is -0.499. The van der Waals surface area contributed by atoms with Crippen LogP contribution in [0.15, 0.2) is 35.9 Å². The summed E-state index contributed by atoms with van der Waals surface area (Å²) in [4.78, 5) is 60.7. The van der Waals surface area contributed by atoms with Gasteiger partial charge in [0, 0.05) is 31.3 Å². The van der Waals surface area contributed by atoms with Gasteiger partial charge in [-0.3, -0.25) is 19.2 Å². The lowest BCUT2D eigenvalue weighted by Crippen LogP contribution is -2.67. The van der Waals surface area contributed by atoms with Gasteiger partial charge in [0.05, 0.1) is 18.4 Å². The molecule has 0 spiro atoms. The molecule has 0 radical (unpaired) electrons. The monoisotopic (exact) mass is 680 g/mol. The second-order valence-corrected chi connectivity index (χ2v) is 15.5. The number of carboxylic acid groups (broad SMARTS) is 1. The van der Waals surface area contributed by atoms with Crippen molar-refractivity contribution in [3.05, 3.63) is 41.5 Å². The van der Waals surface area contributed by atoms with E-state index in [1.165, 1.54) is 13.8 Å². The first kappa shape index (κ1) is 35.1. The van der Waals surface area contributed by atoms with Crippen LogP contribution in [-0.4, -0.2) is 64.5 Å². The summed E-state index contributed by atoms with van der Waals surface area (Å²) in [5.74, 6) is -2.77. The zero-order valence-electron chi connectivity index (χ0n) is 28.8. The maximum atomic E-state index is 13.3. The molecule has 4 aliphatic carbocycles. The first-order valence-electron chi connectivity index (χ1n) is 17.6. The Hall–Kier alpha value is -3.73. The van der Waals surface area contributed by atoms with Crippen LogP contribution in [0, 0.1) is 34.5 Å². The quantitative estimate of drug-likeness (QED) is 0.198. The van der Waals surface area contributed by atoms with Crippen LogP contribution in [0.5, 0.6) is 5.75 Å². The number of cyclic esters (lactones) is 1. The number of carboxylic acids is 1. The van der Waals surface area contributed by atoms with Crippen molar-refractivity contribution in [2.24, 2.45) is 34.5 Å². The third-order valence-electron chi connectivity index (χ3n) is 13.1. The number of carbonyl (C=O) groups is 5. The molecule has 6 rings (SSSR count). The van der Waals surface area contributed by atoms with E-state index in [0.29, 0.717) is 43.4 Å². The largest absolute Gasteiger partial charge is 0.481 e. The molecule has 1 aliphatic heterocycles. The zero-order chi connectivity index (χ0) is 35.3. The molecule has 266 valence electrons. The summed E-state index contributed by atoms with van der Waals surface area (Å²) in [7, 11) is 0. The van der Waals surface area contributed by atoms with Crippen LogP contribution in [0.25, 0.3) is 0 Å². The number of ether oxygens (including phenoxy) is 4. The molecule has 2 N–H and O–H groups in total. The third kappa shape index (κ3) is 6.39. The molecule has 1 aromatic carbocycles. The summed E-state index contributed by atoms with van der Waals surface area (Å²) in [6, 6.07) is 6.50. The van der Waals surface area contributed by atoms with E-state index in [1.807, 2.05) is 6.92 Å². The fourth-order valence-electron chi connectivity index (χ4n) is 10.7. The van der Waals surface area contributed by atoms with Crippen molar-refractivity contribution in [2.45, 2.75) is 116 Å². The Labute approximate surface area is 286 Å². The smallest absolute Gasteiger partial charge is 0.331 e. The SMILES string of the molecule is CC(=O)Oc1ccc(C(CC(=O)O)CC(=O)O[C@H]2CC[C@@]3(C)[C@H](CC[C@@H]4[C@@H]3C[C@@H](OC(C)=O)[C@]3(C)[C@@H](C5=CC(=O)OC5)CCC43O)C2)cc1. The molecule has 11 nitrogen and oxygen atoms in total. The number of carbonyl (C=O) groups excluding carboxylic acids is 4. The Morgan fingerprint density at radius 3 is 2.29 bits per heavy atom. The van der Waals surface area contributed by atoms with Gasteiger partial charge in [0.2, 0.25) is 0 Å². The molecule has 0 aromatic heterocycles. The van der Waals surface area contributed by atoms with E-state index in [2.05, 4.69) is 6.92 Å². The van der Waals surface area contributed by atoms with E-state index in [4.69, 9.17) is 18.9 Å². The average Bonchev–Trinajstić information content (AvgIpc) is 3.57. The maximum Gasteiger partial charge on any atom is 0.331 e. The van der Waals surface area contributed by atoms with Crippen molar-refractivity contribution in [2.75, 3.05) is 6.61 Å². The molecular weight excluding hydrogens is 632 g/mol. The van der Waals surface area contributed by atoms with Crippen LogP contribution in [-0.2, 0) is 38.2 Å². The normalized spacial score (nSPS) is 37.0. The van der Waals surface area contributed by atoms with Gasteiger partial charge in [-0.05, 0) is 104 Å². The van der Waals surface area contributed by atoms with Crippen LogP contribution >= 0.6 is 0 Å². The lowest BCUT2D eigenvalue weighted by atomic mass is 9.42. The van der Waals surface area contributed by atoms with Crippen molar-refractivity contribution >= 4 is 29.8 Å². The number of aliphatic carboxylic acids is 1. The lowest BCUT2D eigenvalue weighted by molar-refractivity contribution is -0.251. The first-order chi connectivity index (χ1) is 23.1. The molecule has 4 saturated carbocycles. The molecule has 0 bridgehead atoms. The molecule has 11 heteroatoms. The number of fused-ring (bicyclic) bond motifs is 5. The van der Waals surface area contributed by atoms with Crippen LogP contribution < -0.4 is 4.74 Å². The van der Waals surface area contributed by atoms with Gasteiger partial charge in [0.25, 0.3) is 0 Å². The van der Waals surface area contributed by atoms with Crippen LogP contribution in [0.4, 0.5) is 0 Å². The Kier molecular flexibility index (Phi) is 9.45. The van der Waals surface area contributed by atoms with E-state index < -0.39 is 40.9 Å². The van der Waals surface area contributed by atoms with Crippen molar-refractivity contribution < 1.29 is 53.1 Å². The van der Waals surface area contributed by atoms with Gasteiger partial charge in [-0.1, -0.05) is 26.0 Å². The highest BCUT2D eigenvalue weighted by Crippen LogP contribution is 2.70. The van der Waals surface area contributed by atoms with Crippen LogP contribution in [0.2, 0.25) is 0 Å². The summed E-state index contributed by atoms with van der Waals surface area (Å²) in [5, 5.41) is 22.3. The highest BCUT2D eigenvalue weighted by molar-refractivity contribution is 5.85. The predicted octanol–water partition coefficient (Wildman–Crippen LogP) is 5.27. The van der Waals surface area contributed by atoms with Crippen LogP contribution in [0.3, 0.4) is 0 Å². The van der Waals surface area contributed by atoms with E-state index in [0.717, 1.165) is 24.8 Å². The second kappa shape index (κ2) is 13.2. The Morgan fingerprint density at radius 2 is 1.65 bits per heavy atom.